The number of aromatic nitrogens is 1. The summed E-state index contributed by atoms with van der Waals surface area (Å²) in [6.45, 7) is 6.12. The van der Waals surface area contributed by atoms with Gasteiger partial charge >= 0.3 is 5.97 Å². The fourth-order valence-corrected chi connectivity index (χ4v) is 5.82. The number of ether oxygens (including phenoxy) is 3. The van der Waals surface area contributed by atoms with Gasteiger partial charge in [-0.25, -0.2) is 9.79 Å². The lowest BCUT2D eigenvalue weighted by Crippen LogP contribution is -2.35. The van der Waals surface area contributed by atoms with Gasteiger partial charge in [-0.2, -0.15) is 0 Å². The van der Waals surface area contributed by atoms with Crippen LogP contribution in [0.25, 0.3) is 11.8 Å². The van der Waals surface area contributed by atoms with Gasteiger partial charge in [0.1, 0.15) is 12.6 Å². The molecule has 0 unspecified atom stereocenters. The van der Waals surface area contributed by atoms with E-state index in [2.05, 4.69) is 0 Å². The van der Waals surface area contributed by atoms with Crippen LogP contribution in [-0.2, 0) is 16.1 Å². The second-order valence-corrected chi connectivity index (χ2v) is 10.5. The number of para-hydroxylation sites is 1. The van der Waals surface area contributed by atoms with E-state index >= 15 is 0 Å². The molecule has 1 aromatic heterocycles. The first-order valence-corrected chi connectivity index (χ1v) is 14.5. The SMILES string of the molecule is CCOC(=O)C1=C(C)n2c(s/c(=C\c3ccccc3[N+](=O)[O-])c2=O)=N[C@@H]1c1ccc(OCc2ccccc2)c(OCC)c1. The van der Waals surface area contributed by atoms with Crippen LogP contribution in [-0.4, -0.2) is 28.7 Å². The van der Waals surface area contributed by atoms with Gasteiger partial charge in [0, 0.05) is 11.8 Å². The minimum Gasteiger partial charge on any atom is -0.490 e. The number of allylic oxidation sites excluding steroid dienone is 1. The van der Waals surface area contributed by atoms with Crippen LogP contribution in [0, 0.1) is 10.1 Å². The van der Waals surface area contributed by atoms with Crippen molar-refractivity contribution in [1.82, 2.24) is 4.57 Å². The molecule has 5 rings (SSSR count). The third-order valence-corrected chi connectivity index (χ3v) is 7.76. The summed E-state index contributed by atoms with van der Waals surface area (Å²) in [5, 5.41) is 11.5. The molecular weight excluding hydrogens is 570 g/mol. The maximum absolute atomic E-state index is 13.5. The number of hydrogen-bond donors (Lipinski definition) is 0. The summed E-state index contributed by atoms with van der Waals surface area (Å²) in [6.07, 6.45) is 1.48. The molecule has 0 amide bonds. The number of nitro benzene ring substituents is 1. The number of benzene rings is 3. The van der Waals surface area contributed by atoms with Crippen molar-refractivity contribution in [2.24, 2.45) is 4.99 Å². The van der Waals surface area contributed by atoms with Gasteiger partial charge in [-0.3, -0.25) is 19.5 Å². The summed E-state index contributed by atoms with van der Waals surface area (Å²) < 4.78 is 18.9. The maximum atomic E-state index is 13.5. The van der Waals surface area contributed by atoms with Crippen molar-refractivity contribution in [1.29, 1.82) is 0 Å². The summed E-state index contributed by atoms with van der Waals surface area (Å²) in [6, 6.07) is 20.5. The van der Waals surface area contributed by atoms with Crippen molar-refractivity contribution >= 4 is 34.8 Å². The Kier molecular flexibility index (Phi) is 8.82. The summed E-state index contributed by atoms with van der Waals surface area (Å²) in [7, 11) is 0. The molecule has 43 heavy (non-hydrogen) atoms. The van der Waals surface area contributed by atoms with Crippen LogP contribution in [0.15, 0.2) is 88.2 Å². The third-order valence-electron chi connectivity index (χ3n) is 6.78. The largest absolute Gasteiger partial charge is 0.490 e. The Hall–Kier alpha value is -5.03. The highest BCUT2D eigenvalue weighted by Crippen LogP contribution is 2.37. The molecule has 4 aromatic rings. The van der Waals surface area contributed by atoms with Crippen LogP contribution < -0.4 is 24.4 Å². The molecule has 0 saturated carbocycles. The quantitative estimate of drug-likeness (QED) is 0.146. The monoisotopic (exact) mass is 599 g/mol. The van der Waals surface area contributed by atoms with Gasteiger partial charge in [0.2, 0.25) is 0 Å². The van der Waals surface area contributed by atoms with Gasteiger partial charge in [0.15, 0.2) is 16.3 Å². The van der Waals surface area contributed by atoms with Gasteiger partial charge in [-0.05, 0) is 56.2 Å². The molecule has 0 radical (unpaired) electrons. The summed E-state index contributed by atoms with van der Waals surface area (Å²) >= 11 is 1.09. The summed E-state index contributed by atoms with van der Waals surface area (Å²) in [4.78, 5) is 43.0. The number of nitro groups is 1. The third kappa shape index (κ3) is 6.12. The molecule has 10 nitrogen and oxygen atoms in total. The number of hydrogen-bond acceptors (Lipinski definition) is 9. The Morgan fingerprint density at radius 1 is 1.02 bits per heavy atom. The van der Waals surface area contributed by atoms with E-state index in [0.29, 0.717) is 46.3 Å². The van der Waals surface area contributed by atoms with Gasteiger partial charge < -0.3 is 14.2 Å². The minimum atomic E-state index is -0.793. The van der Waals surface area contributed by atoms with Crippen LogP contribution in [0.3, 0.4) is 0 Å². The van der Waals surface area contributed by atoms with Crippen molar-refractivity contribution in [3.63, 3.8) is 0 Å². The van der Waals surface area contributed by atoms with Crippen LogP contribution in [0.5, 0.6) is 11.5 Å². The van der Waals surface area contributed by atoms with Crippen molar-refractivity contribution in [2.45, 2.75) is 33.4 Å². The average molecular weight is 600 g/mol. The van der Waals surface area contributed by atoms with E-state index in [4.69, 9.17) is 19.2 Å². The minimum absolute atomic E-state index is 0.120. The Morgan fingerprint density at radius 2 is 1.77 bits per heavy atom. The maximum Gasteiger partial charge on any atom is 0.338 e. The highest BCUT2D eigenvalue weighted by molar-refractivity contribution is 7.07. The Morgan fingerprint density at radius 3 is 2.49 bits per heavy atom. The number of nitrogens with zero attached hydrogens (tertiary/aromatic N) is 3. The molecule has 0 spiro atoms. The first-order chi connectivity index (χ1) is 20.8. The fraction of sp³-hybridized carbons (Fsp3) is 0.219. The zero-order valence-electron chi connectivity index (χ0n) is 23.8. The number of rotatable bonds is 10. The normalized spacial score (nSPS) is 14.6. The lowest BCUT2D eigenvalue weighted by Gasteiger charge is -2.23. The highest BCUT2D eigenvalue weighted by Gasteiger charge is 2.32. The van der Waals surface area contributed by atoms with E-state index in [1.54, 1.807) is 44.2 Å². The molecule has 0 saturated heterocycles. The second-order valence-electron chi connectivity index (χ2n) is 9.51. The first kappa shape index (κ1) is 29.5. The van der Waals surface area contributed by atoms with E-state index in [-0.39, 0.29) is 22.4 Å². The molecule has 220 valence electrons. The van der Waals surface area contributed by atoms with Crippen molar-refractivity contribution in [3.8, 4) is 11.5 Å². The summed E-state index contributed by atoms with van der Waals surface area (Å²) in [5.41, 5.74) is 1.98. The zero-order chi connectivity index (χ0) is 30.5. The van der Waals surface area contributed by atoms with Crippen LogP contribution in [0.1, 0.15) is 43.5 Å². The standard InChI is InChI=1S/C32H29N3O7S/c1-4-40-26-17-23(15-16-25(26)42-19-21-11-7-6-8-12-21)29-28(31(37)41-5-2)20(3)34-30(36)27(43-32(34)33-29)18-22-13-9-10-14-24(22)35(38)39/h6-18,29H,4-5,19H2,1-3H3/b27-18-/t29-/m1/s1. The predicted octanol–water partition coefficient (Wildman–Crippen LogP) is 4.79. The molecular formula is C32H29N3O7S. The number of fused-ring (bicyclic) bond motifs is 1. The molecule has 0 bridgehead atoms. The van der Waals surface area contributed by atoms with Crippen LogP contribution in [0.4, 0.5) is 5.69 Å². The smallest absolute Gasteiger partial charge is 0.338 e. The van der Waals surface area contributed by atoms with Gasteiger partial charge in [0.05, 0.1) is 33.8 Å². The Balaban J connectivity index is 1.62. The lowest BCUT2D eigenvalue weighted by atomic mass is 9.96. The lowest BCUT2D eigenvalue weighted by molar-refractivity contribution is -0.385. The molecule has 1 atom stereocenters. The average Bonchev–Trinajstić information content (AvgIpc) is 3.32. The number of carbonyl (C=O) groups excluding carboxylic acids is 1. The fourth-order valence-electron chi connectivity index (χ4n) is 4.79. The van der Waals surface area contributed by atoms with Crippen LogP contribution in [0.2, 0.25) is 0 Å². The highest BCUT2D eigenvalue weighted by atomic mass is 32.1. The van der Waals surface area contributed by atoms with Crippen molar-refractivity contribution in [2.75, 3.05) is 13.2 Å². The molecule has 11 heteroatoms. The Labute approximate surface area is 251 Å². The van der Waals surface area contributed by atoms with Gasteiger partial charge in [-0.1, -0.05) is 59.9 Å². The van der Waals surface area contributed by atoms with E-state index in [0.717, 1.165) is 16.9 Å². The van der Waals surface area contributed by atoms with E-state index in [9.17, 15) is 19.7 Å². The molecule has 1 aliphatic heterocycles. The van der Waals surface area contributed by atoms with Gasteiger partial charge in [-0.15, -0.1) is 0 Å². The summed E-state index contributed by atoms with van der Waals surface area (Å²) in [5.74, 6) is 0.439. The number of thiazole rings is 1. The van der Waals surface area contributed by atoms with Crippen LogP contribution >= 0.6 is 11.3 Å². The molecule has 0 aliphatic carbocycles. The molecule has 2 heterocycles. The number of carbonyl (C=O) groups is 1. The first-order valence-electron chi connectivity index (χ1n) is 13.7. The topological polar surface area (TPSA) is 122 Å². The zero-order valence-corrected chi connectivity index (χ0v) is 24.6. The molecule has 0 fully saturated rings. The number of esters is 1. The Bertz CT molecular complexity index is 1890. The second kappa shape index (κ2) is 12.9. The molecule has 0 N–H and O–H groups in total. The van der Waals surface area contributed by atoms with E-state index in [1.807, 2.05) is 43.3 Å². The molecule has 1 aliphatic rings. The van der Waals surface area contributed by atoms with Crippen molar-refractivity contribution in [3.05, 3.63) is 125 Å². The molecule has 3 aromatic carbocycles. The van der Waals surface area contributed by atoms with E-state index < -0.39 is 22.5 Å². The van der Waals surface area contributed by atoms with E-state index in [1.165, 1.54) is 16.7 Å². The predicted molar refractivity (Wildman–Crippen MR) is 163 cm³/mol. The van der Waals surface area contributed by atoms with Crippen molar-refractivity contribution < 1.29 is 23.9 Å². The van der Waals surface area contributed by atoms with Gasteiger partial charge in [0.25, 0.3) is 11.2 Å².